The summed E-state index contributed by atoms with van der Waals surface area (Å²) < 4.78 is 2.16. The first kappa shape index (κ1) is 12.2. The molecule has 0 saturated heterocycles. The van der Waals surface area contributed by atoms with Crippen LogP contribution < -0.4 is 5.32 Å². The Kier molecular flexibility index (Phi) is 2.26. The molecule has 0 spiro atoms. The van der Waals surface area contributed by atoms with Gasteiger partial charge >= 0.3 is 5.97 Å². The highest BCUT2D eigenvalue weighted by molar-refractivity contribution is 5.87. The van der Waals surface area contributed by atoms with Gasteiger partial charge in [-0.15, -0.1) is 0 Å². The number of nitrogens with one attached hydrogen (secondary N) is 1. The van der Waals surface area contributed by atoms with Crippen LogP contribution in [-0.2, 0) is 18.6 Å². The van der Waals surface area contributed by atoms with E-state index >= 15 is 0 Å². The van der Waals surface area contributed by atoms with Gasteiger partial charge in [-0.2, -0.15) is 5.10 Å². The van der Waals surface area contributed by atoms with Crippen molar-refractivity contribution in [1.82, 2.24) is 15.1 Å². The molecule has 5 nitrogen and oxygen atoms in total. The summed E-state index contributed by atoms with van der Waals surface area (Å²) in [5, 5.41) is 17.4. The van der Waals surface area contributed by atoms with Crippen molar-refractivity contribution >= 4 is 5.97 Å². The van der Waals surface area contributed by atoms with Crippen LogP contribution in [0.4, 0.5) is 0 Å². The van der Waals surface area contributed by atoms with Gasteiger partial charge in [0, 0.05) is 18.7 Å². The number of carboxylic acids is 1. The SMILES string of the molecule is O=C(O)c1nn(C23CC4CC(CC(C4)C2)C3)c2c1CNC2. The van der Waals surface area contributed by atoms with Crippen molar-refractivity contribution in [3.05, 3.63) is 17.0 Å². The molecule has 5 aliphatic rings. The van der Waals surface area contributed by atoms with Gasteiger partial charge in [0.05, 0.1) is 11.2 Å². The van der Waals surface area contributed by atoms with Gasteiger partial charge in [-0.1, -0.05) is 0 Å². The topological polar surface area (TPSA) is 67.1 Å². The second kappa shape index (κ2) is 3.88. The number of aromatic nitrogens is 2. The molecule has 1 aromatic rings. The van der Waals surface area contributed by atoms with Crippen molar-refractivity contribution in [2.45, 2.75) is 57.2 Å². The number of rotatable bonds is 2. The van der Waals surface area contributed by atoms with E-state index in [1.54, 1.807) is 0 Å². The van der Waals surface area contributed by atoms with Crippen molar-refractivity contribution < 1.29 is 9.90 Å². The molecular formula is C16H21N3O2. The first-order valence-corrected chi connectivity index (χ1v) is 8.20. The number of hydrogen-bond acceptors (Lipinski definition) is 3. The number of carbonyl (C=O) groups is 1. The van der Waals surface area contributed by atoms with Crippen LogP contribution in [0.1, 0.15) is 60.3 Å². The third kappa shape index (κ3) is 1.55. The van der Waals surface area contributed by atoms with Crippen LogP contribution in [0, 0.1) is 17.8 Å². The van der Waals surface area contributed by atoms with Crippen molar-refractivity contribution in [3.8, 4) is 0 Å². The molecule has 0 atom stereocenters. The Morgan fingerprint density at radius 3 is 2.33 bits per heavy atom. The Morgan fingerprint density at radius 2 is 1.76 bits per heavy atom. The van der Waals surface area contributed by atoms with Crippen molar-refractivity contribution in [2.75, 3.05) is 0 Å². The predicted molar refractivity (Wildman–Crippen MR) is 75.9 cm³/mol. The van der Waals surface area contributed by atoms with Crippen LogP contribution in [0.5, 0.6) is 0 Å². The number of nitrogens with zero attached hydrogens (tertiary/aromatic N) is 2. The molecule has 1 aliphatic heterocycles. The van der Waals surface area contributed by atoms with Crippen LogP contribution in [-0.4, -0.2) is 20.9 Å². The molecule has 5 heteroatoms. The average molecular weight is 287 g/mol. The van der Waals surface area contributed by atoms with Gasteiger partial charge in [0.25, 0.3) is 0 Å². The molecule has 0 aromatic carbocycles. The molecule has 4 fully saturated rings. The third-order valence-electron chi connectivity index (χ3n) is 6.34. The fraction of sp³-hybridized carbons (Fsp3) is 0.750. The number of aromatic carboxylic acids is 1. The Labute approximate surface area is 123 Å². The van der Waals surface area contributed by atoms with Crippen LogP contribution >= 0.6 is 0 Å². The summed E-state index contributed by atoms with van der Waals surface area (Å²) in [6.07, 6.45) is 7.83. The zero-order valence-corrected chi connectivity index (χ0v) is 12.1. The molecule has 2 N–H and O–H groups in total. The van der Waals surface area contributed by atoms with E-state index in [9.17, 15) is 9.90 Å². The summed E-state index contributed by atoms with van der Waals surface area (Å²) in [7, 11) is 0. The third-order valence-corrected chi connectivity index (χ3v) is 6.34. The second-order valence-corrected chi connectivity index (χ2v) is 7.74. The Balaban J connectivity index is 1.65. The molecule has 4 bridgehead atoms. The summed E-state index contributed by atoms with van der Waals surface area (Å²) in [4.78, 5) is 11.5. The van der Waals surface area contributed by atoms with Crippen LogP contribution in [0.15, 0.2) is 0 Å². The molecule has 0 unspecified atom stereocenters. The highest BCUT2D eigenvalue weighted by Crippen LogP contribution is 2.59. The maximum Gasteiger partial charge on any atom is 0.356 e. The lowest BCUT2D eigenvalue weighted by molar-refractivity contribution is -0.0508. The van der Waals surface area contributed by atoms with Gasteiger partial charge in [0.2, 0.25) is 0 Å². The minimum absolute atomic E-state index is 0.124. The minimum Gasteiger partial charge on any atom is -0.476 e. The first-order valence-electron chi connectivity index (χ1n) is 8.20. The van der Waals surface area contributed by atoms with Gasteiger partial charge in [0.15, 0.2) is 5.69 Å². The predicted octanol–water partition coefficient (Wildman–Crippen LogP) is 2.11. The normalized spacial score (nSPS) is 39.7. The smallest absolute Gasteiger partial charge is 0.356 e. The summed E-state index contributed by atoms with van der Waals surface area (Å²) in [5.74, 6) is 1.66. The Morgan fingerprint density at radius 1 is 1.14 bits per heavy atom. The molecule has 0 radical (unpaired) electrons. The van der Waals surface area contributed by atoms with Gasteiger partial charge < -0.3 is 10.4 Å². The summed E-state index contributed by atoms with van der Waals surface area (Å²) >= 11 is 0. The second-order valence-electron chi connectivity index (χ2n) is 7.74. The minimum atomic E-state index is -0.876. The lowest BCUT2D eigenvalue weighted by Gasteiger charge is -2.57. The van der Waals surface area contributed by atoms with E-state index in [0.29, 0.717) is 6.54 Å². The molecule has 21 heavy (non-hydrogen) atoms. The lowest BCUT2D eigenvalue weighted by Crippen LogP contribution is -2.52. The highest BCUT2D eigenvalue weighted by Gasteiger charge is 2.53. The van der Waals surface area contributed by atoms with Gasteiger partial charge in [-0.05, 0) is 56.3 Å². The van der Waals surface area contributed by atoms with E-state index in [0.717, 1.165) is 35.6 Å². The van der Waals surface area contributed by atoms with E-state index in [1.165, 1.54) is 38.5 Å². The highest BCUT2D eigenvalue weighted by atomic mass is 16.4. The number of carboxylic acid groups (broad SMARTS) is 1. The lowest BCUT2D eigenvalue weighted by atomic mass is 9.53. The summed E-state index contributed by atoms with van der Waals surface area (Å²) in [6, 6.07) is 0. The average Bonchev–Trinajstić information content (AvgIpc) is 2.96. The Bertz CT molecular complexity index is 598. The molecule has 0 amide bonds. The zero-order chi connectivity index (χ0) is 14.2. The standard InChI is InChI=1S/C16H21N3O2/c20-15(21)14-12-7-17-8-13(12)19(18-14)16-4-9-1-10(5-16)3-11(2-9)6-16/h9-11,17H,1-8H2,(H,20,21). The number of fused-ring (bicyclic) bond motifs is 1. The maximum atomic E-state index is 11.5. The molecular weight excluding hydrogens is 266 g/mol. The first-order chi connectivity index (χ1) is 10.1. The number of hydrogen-bond donors (Lipinski definition) is 2. The van der Waals surface area contributed by atoms with Gasteiger partial charge in [0.1, 0.15) is 0 Å². The van der Waals surface area contributed by atoms with Crippen LogP contribution in [0.25, 0.3) is 0 Å². The van der Waals surface area contributed by atoms with E-state index in [2.05, 4.69) is 15.1 Å². The fourth-order valence-electron chi connectivity index (χ4n) is 6.05. The molecule has 2 heterocycles. The van der Waals surface area contributed by atoms with E-state index < -0.39 is 5.97 Å². The summed E-state index contributed by atoms with van der Waals surface area (Å²) in [5.41, 5.74) is 2.48. The summed E-state index contributed by atoms with van der Waals surface area (Å²) in [6.45, 7) is 1.43. The van der Waals surface area contributed by atoms with Crippen LogP contribution in [0.2, 0.25) is 0 Å². The molecule has 112 valence electrons. The quantitative estimate of drug-likeness (QED) is 0.874. The largest absolute Gasteiger partial charge is 0.476 e. The molecule has 4 aliphatic carbocycles. The van der Waals surface area contributed by atoms with E-state index in [1.807, 2.05) is 0 Å². The van der Waals surface area contributed by atoms with E-state index in [-0.39, 0.29) is 11.2 Å². The van der Waals surface area contributed by atoms with Gasteiger partial charge in [-0.3, -0.25) is 4.68 Å². The zero-order valence-electron chi connectivity index (χ0n) is 12.1. The Hall–Kier alpha value is -1.36. The van der Waals surface area contributed by atoms with Crippen molar-refractivity contribution in [2.24, 2.45) is 17.8 Å². The van der Waals surface area contributed by atoms with Crippen LogP contribution in [0.3, 0.4) is 0 Å². The monoisotopic (exact) mass is 287 g/mol. The molecule has 1 aromatic heterocycles. The van der Waals surface area contributed by atoms with Crippen molar-refractivity contribution in [1.29, 1.82) is 0 Å². The molecule has 4 saturated carbocycles. The fourth-order valence-corrected chi connectivity index (χ4v) is 6.05. The van der Waals surface area contributed by atoms with Gasteiger partial charge in [-0.25, -0.2) is 4.79 Å². The van der Waals surface area contributed by atoms with E-state index in [4.69, 9.17) is 0 Å². The maximum absolute atomic E-state index is 11.5. The molecule has 6 rings (SSSR count). The van der Waals surface area contributed by atoms with Crippen molar-refractivity contribution in [3.63, 3.8) is 0 Å².